The second-order valence-corrected chi connectivity index (χ2v) is 9.38. The number of likely N-dealkylation sites (tertiary alicyclic amines) is 1. The van der Waals surface area contributed by atoms with Gasteiger partial charge in [0.2, 0.25) is 10.0 Å². The molecule has 1 aromatic carbocycles. The van der Waals surface area contributed by atoms with Gasteiger partial charge < -0.3 is 14.4 Å². The Balaban J connectivity index is 1.52. The summed E-state index contributed by atoms with van der Waals surface area (Å²) in [5.41, 5.74) is 0.537. The van der Waals surface area contributed by atoms with Gasteiger partial charge in [0.25, 0.3) is 5.91 Å². The predicted molar refractivity (Wildman–Crippen MR) is 106 cm³/mol. The lowest BCUT2D eigenvalue weighted by Crippen LogP contribution is -2.39. The third-order valence-corrected chi connectivity index (χ3v) is 7.40. The van der Waals surface area contributed by atoms with Gasteiger partial charge in [0, 0.05) is 45.5 Å². The highest BCUT2D eigenvalue weighted by atomic mass is 32.2. The fourth-order valence-corrected chi connectivity index (χ4v) is 5.24. The van der Waals surface area contributed by atoms with E-state index in [0.29, 0.717) is 57.5 Å². The van der Waals surface area contributed by atoms with E-state index < -0.39 is 10.0 Å². The second kappa shape index (κ2) is 9.82. The molecule has 156 valence electrons. The number of hydrogen-bond donors (Lipinski definition) is 0. The molecule has 0 spiro atoms. The SMILES string of the molecule is COCCOCC1CCN(C(=O)c2ccc(S(=O)(=O)N3CCCC3)cc2)CC1. The molecule has 1 aromatic rings. The van der Waals surface area contributed by atoms with Crippen LogP contribution in [-0.4, -0.2) is 76.6 Å². The van der Waals surface area contributed by atoms with Crippen molar-refractivity contribution in [2.75, 3.05) is 53.1 Å². The molecule has 2 aliphatic rings. The fourth-order valence-electron chi connectivity index (χ4n) is 3.72. The van der Waals surface area contributed by atoms with Gasteiger partial charge >= 0.3 is 0 Å². The van der Waals surface area contributed by atoms with E-state index in [1.54, 1.807) is 31.4 Å². The molecule has 3 rings (SSSR count). The average molecular weight is 411 g/mol. The first kappa shape index (κ1) is 21.2. The van der Waals surface area contributed by atoms with Crippen LogP contribution in [0, 0.1) is 5.92 Å². The minimum atomic E-state index is -3.44. The fraction of sp³-hybridized carbons (Fsp3) is 0.650. The van der Waals surface area contributed by atoms with E-state index in [1.165, 1.54) is 4.31 Å². The number of ether oxygens (including phenoxy) is 2. The summed E-state index contributed by atoms with van der Waals surface area (Å²) in [7, 11) is -1.79. The van der Waals surface area contributed by atoms with Crippen LogP contribution in [-0.2, 0) is 19.5 Å². The topological polar surface area (TPSA) is 76.1 Å². The average Bonchev–Trinajstić information content (AvgIpc) is 3.27. The minimum absolute atomic E-state index is 0.0381. The van der Waals surface area contributed by atoms with Crippen LogP contribution in [0.5, 0.6) is 0 Å². The Morgan fingerprint density at radius 2 is 1.68 bits per heavy atom. The van der Waals surface area contributed by atoms with Crippen LogP contribution in [0.25, 0.3) is 0 Å². The molecule has 2 fully saturated rings. The minimum Gasteiger partial charge on any atom is -0.382 e. The van der Waals surface area contributed by atoms with Gasteiger partial charge in [-0.2, -0.15) is 4.31 Å². The molecule has 0 atom stereocenters. The van der Waals surface area contributed by atoms with Gasteiger partial charge in [0.1, 0.15) is 0 Å². The van der Waals surface area contributed by atoms with E-state index >= 15 is 0 Å². The molecule has 8 heteroatoms. The second-order valence-electron chi connectivity index (χ2n) is 7.44. The molecule has 0 bridgehead atoms. The van der Waals surface area contributed by atoms with E-state index in [9.17, 15) is 13.2 Å². The van der Waals surface area contributed by atoms with Crippen LogP contribution in [0.15, 0.2) is 29.2 Å². The van der Waals surface area contributed by atoms with Gasteiger partial charge in [-0.05, 0) is 55.9 Å². The van der Waals surface area contributed by atoms with Crippen LogP contribution < -0.4 is 0 Å². The Hall–Kier alpha value is -1.48. The first-order valence-corrected chi connectivity index (χ1v) is 11.4. The van der Waals surface area contributed by atoms with E-state index in [2.05, 4.69) is 0 Å². The molecule has 0 radical (unpaired) electrons. The normalized spacial score (nSPS) is 19.2. The van der Waals surface area contributed by atoms with Crippen LogP contribution in [0.2, 0.25) is 0 Å². The number of sulfonamides is 1. The van der Waals surface area contributed by atoms with Crippen LogP contribution in [0.3, 0.4) is 0 Å². The highest BCUT2D eigenvalue weighted by Gasteiger charge is 2.28. The van der Waals surface area contributed by atoms with Gasteiger partial charge in [-0.25, -0.2) is 8.42 Å². The maximum atomic E-state index is 12.7. The van der Waals surface area contributed by atoms with Crippen molar-refractivity contribution in [3.05, 3.63) is 29.8 Å². The quantitative estimate of drug-likeness (QED) is 0.613. The molecular weight excluding hydrogens is 380 g/mol. The number of carbonyl (C=O) groups excluding carboxylic acids is 1. The predicted octanol–water partition coefficient (Wildman–Crippen LogP) is 1.99. The van der Waals surface area contributed by atoms with Gasteiger partial charge in [-0.15, -0.1) is 0 Å². The molecule has 1 amide bonds. The van der Waals surface area contributed by atoms with E-state index in [0.717, 1.165) is 25.7 Å². The summed E-state index contributed by atoms with van der Waals surface area (Å²) < 4.78 is 37.3. The number of nitrogens with zero attached hydrogens (tertiary/aromatic N) is 2. The number of hydrogen-bond acceptors (Lipinski definition) is 5. The summed E-state index contributed by atoms with van der Waals surface area (Å²) in [5, 5.41) is 0. The number of benzene rings is 1. The Kier molecular flexibility index (Phi) is 7.45. The summed E-state index contributed by atoms with van der Waals surface area (Å²) in [6.45, 7) is 4.45. The van der Waals surface area contributed by atoms with E-state index in [1.807, 2.05) is 4.90 Å². The Bertz CT molecular complexity index is 736. The maximum absolute atomic E-state index is 12.7. The highest BCUT2D eigenvalue weighted by Crippen LogP contribution is 2.23. The monoisotopic (exact) mass is 410 g/mol. The van der Waals surface area contributed by atoms with Crippen LogP contribution in [0.1, 0.15) is 36.0 Å². The van der Waals surface area contributed by atoms with E-state index in [4.69, 9.17) is 9.47 Å². The van der Waals surface area contributed by atoms with Gasteiger partial charge in [0.15, 0.2) is 0 Å². The molecule has 2 aliphatic heterocycles. The van der Waals surface area contributed by atoms with Crippen LogP contribution in [0.4, 0.5) is 0 Å². The molecule has 0 aliphatic carbocycles. The lowest BCUT2D eigenvalue weighted by atomic mass is 9.97. The summed E-state index contributed by atoms with van der Waals surface area (Å²) >= 11 is 0. The zero-order valence-electron chi connectivity index (χ0n) is 16.5. The van der Waals surface area contributed by atoms with Crippen LogP contribution >= 0.6 is 0 Å². The smallest absolute Gasteiger partial charge is 0.253 e. The van der Waals surface area contributed by atoms with Gasteiger partial charge in [-0.1, -0.05) is 0 Å². The van der Waals surface area contributed by atoms with Crippen molar-refractivity contribution in [3.63, 3.8) is 0 Å². The third kappa shape index (κ3) is 5.11. The Morgan fingerprint density at radius 3 is 2.29 bits per heavy atom. The first-order valence-electron chi connectivity index (χ1n) is 9.98. The molecule has 0 N–H and O–H groups in total. The van der Waals surface area contributed by atoms with Crippen molar-refractivity contribution in [1.29, 1.82) is 0 Å². The zero-order valence-corrected chi connectivity index (χ0v) is 17.3. The lowest BCUT2D eigenvalue weighted by molar-refractivity contribution is 0.0327. The highest BCUT2D eigenvalue weighted by molar-refractivity contribution is 7.89. The van der Waals surface area contributed by atoms with Crippen molar-refractivity contribution in [1.82, 2.24) is 9.21 Å². The largest absolute Gasteiger partial charge is 0.382 e. The van der Waals surface area contributed by atoms with Gasteiger partial charge in [-0.3, -0.25) is 4.79 Å². The maximum Gasteiger partial charge on any atom is 0.253 e. The first-order chi connectivity index (χ1) is 13.5. The van der Waals surface area contributed by atoms with E-state index in [-0.39, 0.29) is 10.8 Å². The molecule has 0 aromatic heterocycles. The van der Waals surface area contributed by atoms with Crippen molar-refractivity contribution < 1.29 is 22.7 Å². The Labute approximate surface area is 167 Å². The summed E-state index contributed by atoms with van der Waals surface area (Å²) in [5.74, 6) is 0.428. The molecule has 0 unspecified atom stereocenters. The van der Waals surface area contributed by atoms with Crippen molar-refractivity contribution in [3.8, 4) is 0 Å². The number of amides is 1. The van der Waals surface area contributed by atoms with Crippen molar-refractivity contribution >= 4 is 15.9 Å². The third-order valence-electron chi connectivity index (χ3n) is 5.49. The molecule has 7 nitrogen and oxygen atoms in total. The molecule has 2 heterocycles. The lowest BCUT2D eigenvalue weighted by Gasteiger charge is -2.32. The number of carbonyl (C=O) groups is 1. The number of piperidine rings is 1. The summed E-state index contributed by atoms with van der Waals surface area (Å²) in [6, 6.07) is 6.37. The number of methoxy groups -OCH3 is 1. The number of rotatable bonds is 8. The zero-order chi connectivity index (χ0) is 20.0. The molecular formula is C20H30N2O5S. The van der Waals surface area contributed by atoms with Gasteiger partial charge in [0.05, 0.1) is 18.1 Å². The Morgan fingerprint density at radius 1 is 1.04 bits per heavy atom. The van der Waals surface area contributed by atoms with Crippen molar-refractivity contribution in [2.24, 2.45) is 5.92 Å². The summed E-state index contributed by atoms with van der Waals surface area (Å²) in [4.78, 5) is 14.8. The van der Waals surface area contributed by atoms with Crippen molar-refractivity contribution in [2.45, 2.75) is 30.6 Å². The molecule has 2 saturated heterocycles. The molecule has 0 saturated carbocycles. The molecule has 28 heavy (non-hydrogen) atoms. The summed E-state index contributed by atoms with van der Waals surface area (Å²) in [6.07, 6.45) is 3.65. The standard InChI is InChI=1S/C20H30N2O5S/c1-26-14-15-27-16-17-8-12-21(13-9-17)20(23)18-4-6-19(7-5-18)28(24,25)22-10-2-3-11-22/h4-7,17H,2-3,8-16H2,1H3.